The number of aromatic nitrogens is 4. The molecule has 9 nitrogen and oxygen atoms in total. The molecule has 0 atom stereocenters. The van der Waals surface area contributed by atoms with Gasteiger partial charge in [-0.15, -0.1) is 10.2 Å². The summed E-state index contributed by atoms with van der Waals surface area (Å²) in [5, 5.41) is 24.0. The molecule has 28 heavy (non-hydrogen) atoms. The fraction of sp³-hybridized carbons (Fsp3) is 0.250. The molecular formula is C16H14F2N6O3S. The topological polar surface area (TPSA) is 116 Å². The highest BCUT2D eigenvalue weighted by molar-refractivity contribution is 7.15. The van der Waals surface area contributed by atoms with Crippen molar-refractivity contribution in [2.24, 2.45) is 0 Å². The van der Waals surface area contributed by atoms with Crippen molar-refractivity contribution in [3.63, 3.8) is 0 Å². The number of carbonyl (C=O) groups excluding carboxylic acids is 1. The number of halogens is 2. The van der Waals surface area contributed by atoms with Crippen LogP contribution >= 0.6 is 11.3 Å². The van der Waals surface area contributed by atoms with Gasteiger partial charge in [-0.1, -0.05) is 23.5 Å². The first-order chi connectivity index (χ1) is 13.3. The number of hydrogen-bond donors (Lipinski definition) is 1. The Labute approximate surface area is 161 Å². The Morgan fingerprint density at radius 3 is 2.50 bits per heavy atom. The zero-order valence-electron chi connectivity index (χ0n) is 14.7. The van der Waals surface area contributed by atoms with Crippen LogP contribution in [0.1, 0.15) is 38.7 Å². The van der Waals surface area contributed by atoms with E-state index in [-0.39, 0.29) is 10.8 Å². The third-order valence-electron chi connectivity index (χ3n) is 3.92. The Hall–Kier alpha value is -3.28. The normalized spacial score (nSPS) is 11.0. The monoisotopic (exact) mass is 408 g/mol. The second kappa shape index (κ2) is 7.76. The van der Waals surface area contributed by atoms with Gasteiger partial charge >= 0.3 is 5.69 Å². The molecule has 1 aromatic carbocycles. The number of alkyl halides is 2. The summed E-state index contributed by atoms with van der Waals surface area (Å²) in [4.78, 5) is 22.8. The van der Waals surface area contributed by atoms with Gasteiger partial charge in [0.1, 0.15) is 11.4 Å². The van der Waals surface area contributed by atoms with Crippen LogP contribution in [0.15, 0.2) is 24.3 Å². The molecule has 0 aliphatic rings. The quantitative estimate of drug-likeness (QED) is 0.493. The van der Waals surface area contributed by atoms with Gasteiger partial charge in [-0.25, -0.2) is 8.78 Å². The summed E-state index contributed by atoms with van der Waals surface area (Å²) in [6, 6.07) is 6.48. The predicted octanol–water partition coefficient (Wildman–Crippen LogP) is 3.50. The van der Waals surface area contributed by atoms with Crippen molar-refractivity contribution in [1.29, 1.82) is 0 Å². The number of benzene rings is 1. The molecule has 3 rings (SSSR count). The number of carbonyl (C=O) groups is 1. The van der Waals surface area contributed by atoms with Crippen molar-refractivity contribution in [3.8, 4) is 0 Å². The van der Waals surface area contributed by atoms with E-state index in [1.165, 1.54) is 4.68 Å². The van der Waals surface area contributed by atoms with E-state index < -0.39 is 22.3 Å². The van der Waals surface area contributed by atoms with E-state index in [2.05, 4.69) is 20.6 Å². The molecule has 0 radical (unpaired) electrons. The van der Waals surface area contributed by atoms with Crippen LogP contribution in [0.3, 0.4) is 0 Å². The van der Waals surface area contributed by atoms with Crippen molar-refractivity contribution in [3.05, 3.63) is 61.9 Å². The van der Waals surface area contributed by atoms with E-state index in [0.29, 0.717) is 34.8 Å². The molecule has 12 heteroatoms. The van der Waals surface area contributed by atoms with Crippen molar-refractivity contribution in [2.45, 2.75) is 26.8 Å². The van der Waals surface area contributed by atoms with E-state index in [4.69, 9.17) is 0 Å². The minimum Gasteiger partial charge on any atom is -0.296 e. The number of nitro groups is 1. The summed E-state index contributed by atoms with van der Waals surface area (Å²) in [5.74, 6) is -0.509. The highest BCUT2D eigenvalue weighted by Crippen LogP contribution is 2.25. The lowest BCUT2D eigenvalue weighted by molar-refractivity contribution is -0.386. The fourth-order valence-corrected chi connectivity index (χ4v) is 3.18. The van der Waals surface area contributed by atoms with Crippen molar-refractivity contribution >= 4 is 28.1 Å². The Bertz CT molecular complexity index is 1030. The van der Waals surface area contributed by atoms with Crippen LogP contribution in [-0.2, 0) is 6.54 Å². The number of aryl methyl sites for hydroxylation is 1. The third-order valence-corrected chi connectivity index (χ3v) is 4.77. The molecule has 0 saturated carbocycles. The third kappa shape index (κ3) is 4.01. The van der Waals surface area contributed by atoms with Crippen LogP contribution in [0.2, 0.25) is 0 Å². The smallest absolute Gasteiger partial charge is 0.296 e. The van der Waals surface area contributed by atoms with Gasteiger partial charge in [-0.05, 0) is 31.5 Å². The molecule has 0 aliphatic carbocycles. The largest absolute Gasteiger partial charge is 0.312 e. The van der Waals surface area contributed by atoms with Gasteiger partial charge in [0.15, 0.2) is 5.01 Å². The Morgan fingerprint density at radius 2 is 1.96 bits per heavy atom. The number of rotatable bonds is 6. The first-order valence-corrected chi connectivity index (χ1v) is 8.78. The van der Waals surface area contributed by atoms with Crippen molar-refractivity contribution in [2.75, 3.05) is 5.32 Å². The molecule has 0 bridgehead atoms. The maximum absolute atomic E-state index is 12.5. The predicted molar refractivity (Wildman–Crippen MR) is 96.7 cm³/mol. The van der Waals surface area contributed by atoms with E-state index in [1.807, 2.05) is 0 Å². The van der Waals surface area contributed by atoms with Gasteiger partial charge in [0.2, 0.25) is 5.13 Å². The fourth-order valence-electron chi connectivity index (χ4n) is 2.58. The molecule has 3 aromatic rings. The molecule has 0 saturated heterocycles. The van der Waals surface area contributed by atoms with E-state index in [9.17, 15) is 23.7 Å². The molecule has 146 valence electrons. The summed E-state index contributed by atoms with van der Waals surface area (Å²) in [7, 11) is 0. The average Bonchev–Trinajstić information content (AvgIpc) is 3.20. The minimum absolute atomic E-state index is 0.0145. The summed E-state index contributed by atoms with van der Waals surface area (Å²) in [6.07, 6.45) is -2.74. The lowest BCUT2D eigenvalue weighted by Gasteiger charge is -2.06. The highest BCUT2D eigenvalue weighted by Gasteiger charge is 2.21. The number of amides is 1. The van der Waals surface area contributed by atoms with Crippen LogP contribution in [0.25, 0.3) is 0 Å². The van der Waals surface area contributed by atoms with Crippen molar-refractivity contribution < 1.29 is 18.5 Å². The zero-order valence-corrected chi connectivity index (χ0v) is 15.5. The molecule has 2 aromatic heterocycles. The Morgan fingerprint density at radius 1 is 1.29 bits per heavy atom. The highest BCUT2D eigenvalue weighted by atomic mass is 32.1. The lowest BCUT2D eigenvalue weighted by Crippen LogP contribution is -2.12. The van der Waals surface area contributed by atoms with E-state index in [0.717, 1.165) is 5.56 Å². The number of nitrogens with one attached hydrogen (secondary N) is 1. The molecule has 2 heterocycles. The number of hydrogen-bond acceptors (Lipinski definition) is 7. The van der Waals surface area contributed by atoms with Gasteiger partial charge in [-0.3, -0.25) is 24.9 Å². The Kier molecular flexibility index (Phi) is 5.40. The van der Waals surface area contributed by atoms with E-state index >= 15 is 0 Å². The number of anilines is 1. The van der Waals surface area contributed by atoms with Crippen LogP contribution in [0.4, 0.5) is 19.6 Å². The van der Waals surface area contributed by atoms with Crippen molar-refractivity contribution in [1.82, 2.24) is 20.0 Å². The van der Waals surface area contributed by atoms with Gasteiger partial charge in [0, 0.05) is 5.56 Å². The van der Waals surface area contributed by atoms with Crippen LogP contribution in [0.5, 0.6) is 0 Å². The first-order valence-electron chi connectivity index (χ1n) is 7.96. The van der Waals surface area contributed by atoms with Crippen LogP contribution in [-0.4, -0.2) is 30.8 Å². The number of nitrogens with zero attached hydrogens (tertiary/aromatic N) is 5. The molecular weight excluding hydrogens is 394 g/mol. The molecule has 1 amide bonds. The average molecular weight is 408 g/mol. The zero-order chi connectivity index (χ0) is 20.4. The second-order valence-electron chi connectivity index (χ2n) is 5.83. The first kappa shape index (κ1) is 19.5. The molecule has 0 spiro atoms. The summed E-state index contributed by atoms with van der Waals surface area (Å²) in [6.45, 7) is 3.49. The van der Waals surface area contributed by atoms with Crippen LogP contribution in [0, 0.1) is 24.0 Å². The van der Waals surface area contributed by atoms with Crippen LogP contribution < -0.4 is 5.32 Å². The SMILES string of the molecule is Cc1nn(Cc2ccc(C(=O)Nc3nnc(C(F)F)s3)cc2)c(C)c1[N+](=O)[O-]. The maximum Gasteiger partial charge on any atom is 0.312 e. The molecule has 1 N–H and O–H groups in total. The van der Waals surface area contributed by atoms with Gasteiger partial charge < -0.3 is 0 Å². The van der Waals surface area contributed by atoms with E-state index in [1.54, 1.807) is 38.1 Å². The summed E-state index contributed by atoms with van der Waals surface area (Å²) >= 11 is 0.606. The minimum atomic E-state index is -2.74. The Balaban J connectivity index is 1.70. The van der Waals surface area contributed by atoms with Gasteiger partial charge in [0.05, 0.1) is 11.5 Å². The maximum atomic E-state index is 12.5. The summed E-state index contributed by atoms with van der Waals surface area (Å²) in [5.41, 5.74) is 1.84. The second-order valence-corrected chi connectivity index (χ2v) is 6.84. The van der Waals surface area contributed by atoms with Gasteiger partial charge in [0.25, 0.3) is 12.3 Å². The lowest BCUT2D eigenvalue weighted by atomic mass is 10.1. The molecule has 0 unspecified atom stereocenters. The molecule has 0 fully saturated rings. The summed E-state index contributed by atoms with van der Waals surface area (Å²) < 4.78 is 26.6. The standard InChI is InChI=1S/C16H14F2N6O3S/c1-8-12(24(26)27)9(2)23(22-8)7-10-3-5-11(6-4-10)14(25)19-16-21-20-15(28-16)13(17)18/h3-6,13H,7H2,1-2H3,(H,19,21,25). The van der Waals surface area contributed by atoms with Gasteiger partial charge in [-0.2, -0.15) is 5.10 Å². The molecule has 0 aliphatic heterocycles.